The minimum atomic E-state index is -3.81. The fourth-order valence-corrected chi connectivity index (χ4v) is 8.14. The Labute approximate surface area is 307 Å². The van der Waals surface area contributed by atoms with E-state index in [1.807, 2.05) is 0 Å². The highest BCUT2D eigenvalue weighted by atomic mass is 35.5. The molecule has 19 heteroatoms. The Morgan fingerprint density at radius 3 is 2.37 bits per heavy atom. The second kappa shape index (κ2) is 12.7. The van der Waals surface area contributed by atoms with E-state index in [1.165, 1.54) is 17.8 Å². The van der Waals surface area contributed by atoms with E-state index in [-0.39, 0.29) is 51.6 Å². The molecule has 0 aliphatic heterocycles. The van der Waals surface area contributed by atoms with Crippen LogP contribution in [0.5, 0.6) is 0 Å². The van der Waals surface area contributed by atoms with Crippen molar-refractivity contribution in [2.24, 2.45) is 13.0 Å². The highest BCUT2D eigenvalue weighted by molar-refractivity contribution is 7.92. The van der Waals surface area contributed by atoms with E-state index >= 15 is 8.78 Å². The molecule has 0 radical (unpaired) electrons. The lowest BCUT2D eigenvalue weighted by molar-refractivity contribution is -0.123. The minimum Gasteiger partial charge on any atom is -0.346 e. The Morgan fingerprint density at radius 2 is 1.70 bits per heavy atom. The molecule has 0 saturated heterocycles. The molecule has 2 aliphatic rings. The first-order valence-electron chi connectivity index (χ1n) is 16.4. The fraction of sp³-hybridized carbons (Fsp3) is 0.286. The number of rotatable bonds is 10. The van der Waals surface area contributed by atoms with E-state index in [1.54, 1.807) is 30.3 Å². The van der Waals surface area contributed by atoms with Crippen molar-refractivity contribution in [2.75, 3.05) is 11.0 Å². The number of fused-ring (bicyclic) bond motifs is 5. The molecule has 2 N–H and O–H groups in total. The van der Waals surface area contributed by atoms with Crippen molar-refractivity contribution in [1.82, 2.24) is 34.8 Å². The Morgan fingerprint density at radius 1 is 1.02 bits per heavy atom. The van der Waals surface area contributed by atoms with Crippen LogP contribution in [0.25, 0.3) is 33.2 Å². The standard InChI is InChI=1S/C35H27ClF6N8O3S/c1-49-31-18(7-8-21(36)27(31)34(47-49)48-54(2,52)53)28-29(45-23-6-4-3-5-22(23)44-28)24(11-15-9-16(37)12-17(38)10-15)43-25(51)14-50-32-26(30(46-50)33(39)40)19-13-20(19)35(32,41)42/h3-10,12,19-20,24,33H,11,13-14H2,1-2H3,(H,43,51)(H,47,48)/t19-,20+,24-/m0/s1. The number of aromatic nitrogens is 6. The van der Waals surface area contributed by atoms with Crippen LogP contribution in [0.4, 0.5) is 32.2 Å². The number of hydrogen-bond acceptors (Lipinski definition) is 7. The number of carbonyl (C=O) groups is 1. The van der Waals surface area contributed by atoms with Crippen molar-refractivity contribution in [2.45, 2.75) is 43.7 Å². The molecular formula is C35H27ClF6N8O3S. The van der Waals surface area contributed by atoms with Crippen LogP contribution in [-0.4, -0.2) is 50.1 Å². The van der Waals surface area contributed by atoms with Crippen molar-refractivity contribution in [3.63, 3.8) is 0 Å². The molecule has 1 fully saturated rings. The van der Waals surface area contributed by atoms with E-state index in [0.29, 0.717) is 32.9 Å². The maximum absolute atomic E-state index is 15.3. The predicted molar refractivity (Wildman–Crippen MR) is 186 cm³/mol. The molecule has 0 bridgehead atoms. The third-order valence-corrected chi connectivity index (χ3v) is 10.4. The van der Waals surface area contributed by atoms with Crippen molar-refractivity contribution in [3.8, 4) is 11.3 Å². The zero-order valence-corrected chi connectivity index (χ0v) is 29.7. The lowest BCUT2D eigenvalue weighted by atomic mass is 9.97. The van der Waals surface area contributed by atoms with Gasteiger partial charge in [0.05, 0.1) is 50.6 Å². The topological polar surface area (TPSA) is 137 Å². The van der Waals surface area contributed by atoms with E-state index in [0.717, 1.165) is 18.4 Å². The first kappa shape index (κ1) is 35.8. The fourth-order valence-electron chi connectivity index (χ4n) is 7.40. The highest BCUT2D eigenvalue weighted by Gasteiger charge is 2.67. The average molecular weight is 789 g/mol. The summed E-state index contributed by atoms with van der Waals surface area (Å²) in [6.45, 7) is -0.887. The summed E-state index contributed by atoms with van der Waals surface area (Å²) < 4.78 is 116. The van der Waals surface area contributed by atoms with Gasteiger partial charge in [-0.25, -0.2) is 35.9 Å². The van der Waals surface area contributed by atoms with Gasteiger partial charge in [-0.05, 0) is 60.7 Å². The number of amides is 1. The first-order chi connectivity index (χ1) is 25.5. The average Bonchev–Trinajstić information content (AvgIpc) is 3.62. The quantitative estimate of drug-likeness (QED) is 0.144. The van der Waals surface area contributed by atoms with E-state index < -0.39 is 75.7 Å². The number of para-hydroxylation sites is 2. The maximum Gasteiger partial charge on any atom is 0.293 e. The summed E-state index contributed by atoms with van der Waals surface area (Å²) in [5.41, 5.74) is -0.166. The smallest absolute Gasteiger partial charge is 0.293 e. The number of hydrogen-bond donors (Lipinski definition) is 2. The summed E-state index contributed by atoms with van der Waals surface area (Å²) in [7, 11) is -2.28. The molecule has 54 heavy (non-hydrogen) atoms. The van der Waals surface area contributed by atoms with Gasteiger partial charge in [0.15, 0.2) is 5.82 Å². The number of sulfonamides is 1. The Hall–Kier alpha value is -5.23. The van der Waals surface area contributed by atoms with Gasteiger partial charge in [-0.3, -0.25) is 18.9 Å². The Kier molecular flexibility index (Phi) is 8.40. The highest BCUT2D eigenvalue weighted by Crippen LogP contribution is 2.68. The van der Waals surface area contributed by atoms with Crippen molar-refractivity contribution < 1.29 is 39.6 Å². The van der Waals surface area contributed by atoms with Crippen molar-refractivity contribution >= 4 is 55.3 Å². The molecule has 6 aromatic rings. The first-order valence-corrected chi connectivity index (χ1v) is 18.7. The summed E-state index contributed by atoms with van der Waals surface area (Å²) in [5, 5.41) is 11.1. The van der Waals surface area contributed by atoms with Crippen LogP contribution >= 0.6 is 11.6 Å². The van der Waals surface area contributed by atoms with Crippen LogP contribution in [0.3, 0.4) is 0 Å². The summed E-state index contributed by atoms with van der Waals surface area (Å²) in [5.74, 6) is -8.26. The van der Waals surface area contributed by atoms with Crippen LogP contribution in [0.1, 0.15) is 53.0 Å². The molecule has 8 rings (SSSR count). The summed E-state index contributed by atoms with van der Waals surface area (Å²) in [6, 6.07) is 11.2. The number of alkyl halides is 4. The lowest BCUT2D eigenvalue weighted by Gasteiger charge is -2.23. The third kappa shape index (κ3) is 6.19. The second-order valence-corrected chi connectivity index (χ2v) is 15.5. The molecule has 3 aromatic heterocycles. The summed E-state index contributed by atoms with van der Waals surface area (Å²) >= 11 is 6.58. The summed E-state index contributed by atoms with van der Waals surface area (Å²) in [4.78, 5) is 23.5. The molecular weight excluding hydrogens is 762 g/mol. The molecule has 11 nitrogen and oxygen atoms in total. The molecule has 1 amide bonds. The zero-order valence-electron chi connectivity index (χ0n) is 28.1. The van der Waals surface area contributed by atoms with Gasteiger partial charge in [-0.15, -0.1) is 0 Å². The van der Waals surface area contributed by atoms with Crippen LogP contribution in [0.2, 0.25) is 5.02 Å². The van der Waals surface area contributed by atoms with Gasteiger partial charge in [-0.2, -0.15) is 19.0 Å². The van der Waals surface area contributed by atoms with Gasteiger partial charge in [0.2, 0.25) is 15.9 Å². The molecule has 3 aromatic carbocycles. The molecule has 1 saturated carbocycles. The van der Waals surface area contributed by atoms with E-state index in [9.17, 15) is 30.8 Å². The normalized spacial score (nSPS) is 17.9. The SMILES string of the molecule is Cn1nc(NS(C)(=O)=O)c2c(Cl)ccc(-c3nc4ccccc4nc3[C@H](Cc3cc(F)cc(F)c3)NC(=O)Cn3nc(C(F)F)c4c3C(F)(F)[C@@H]3C[C@H]43)c21. The largest absolute Gasteiger partial charge is 0.346 e. The number of benzene rings is 3. The maximum atomic E-state index is 15.3. The lowest BCUT2D eigenvalue weighted by Crippen LogP contribution is -2.35. The molecule has 3 heterocycles. The van der Waals surface area contributed by atoms with Crippen LogP contribution in [-0.2, 0) is 40.8 Å². The zero-order chi connectivity index (χ0) is 38.4. The molecule has 280 valence electrons. The van der Waals surface area contributed by atoms with Crippen LogP contribution in [0, 0.1) is 17.6 Å². The second-order valence-electron chi connectivity index (χ2n) is 13.4. The Bertz CT molecular complexity index is 2630. The third-order valence-electron chi connectivity index (χ3n) is 9.56. The molecule has 0 spiro atoms. The van der Waals surface area contributed by atoms with Gasteiger partial charge in [-0.1, -0.05) is 23.7 Å². The van der Waals surface area contributed by atoms with Gasteiger partial charge < -0.3 is 5.32 Å². The van der Waals surface area contributed by atoms with Crippen LogP contribution in [0.15, 0.2) is 54.6 Å². The summed E-state index contributed by atoms with van der Waals surface area (Å²) in [6.07, 6.45) is -2.48. The van der Waals surface area contributed by atoms with Gasteiger partial charge in [0.1, 0.15) is 29.6 Å². The number of aryl methyl sites for hydroxylation is 1. The van der Waals surface area contributed by atoms with Crippen LogP contribution < -0.4 is 10.0 Å². The van der Waals surface area contributed by atoms with Crippen molar-refractivity contribution in [1.29, 1.82) is 0 Å². The van der Waals surface area contributed by atoms with Crippen molar-refractivity contribution in [3.05, 3.63) is 99.5 Å². The van der Waals surface area contributed by atoms with Gasteiger partial charge in [0.25, 0.3) is 12.3 Å². The Balaban J connectivity index is 1.28. The van der Waals surface area contributed by atoms with E-state index in [4.69, 9.17) is 21.6 Å². The molecule has 3 atom stereocenters. The van der Waals surface area contributed by atoms with Gasteiger partial charge >= 0.3 is 0 Å². The number of halogens is 7. The van der Waals surface area contributed by atoms with E-state index in [2.05, 4.69) is 20.2 Å². The predicted octanol–water partition coefficient (Wildman–Crippen LogP) is 6.93. The minimum absolute atomic E-state index is 0.0354. The molecule has 2 aliphatic carbocycles. The number of nitrogens with zero attached hydrogens (tertiary/aromatic N) is 6. The molecule has 0 unspecified atom stereocenters. The monoisotopic (exact) mass is 788 g/mol. The number of carbonyl (C=O) groups excluding carboxylic acids is 1. The number of anilines is 1. The number of nitrogens with one attached hydrogen (secondary N) is 2. The van der Waals surface area contributed by atoms with Gasteiger partial charge in [0, 0.05) is 30.2 Å².